The predicted octanol–water partition coefficient (Wildman–Crippen LogP) is 3.56. The minimum absolute atomic E-state index is 0. The molecule has 6 heteroatoms. The van der Waals surface area contributed by atoms with Gasteiger partial charge in [0.2, 0.25) is 0 Å². The minimum Gasteiger partial charge on any atom is -0.333 e. The van der Waals surface area contributed by atoms with Gasteiger partial charge in [-0.05, 0) is 38.3 Å². The highest BCUT2D eigenvalue weighted by atomic mass is 35.5. The molecule has 0 radical (unpaired) electrons. The second-order valence-electron chi connectivity index (χ2n) is 5.14. The molecule has 0 unspecified atom stereocenters. The molecular formula is C13H18ClN3OS. The minimum atomic E-state index is -0.372. The van der Waals surface area contributed by atoms with E-state index in [0.717, 1.165) is 30.6 Å². The van der Waals surface area contributed by atoms with Crippen LogP contribution in [0.2, 0.25) is 0 Å². The van der Waals surface area contributed by atoms with Crippen molar-refractivity contribution >= 4 is 23.7 Å². The summed E-state index contributed by atoms with van der Waals surface area (Å²) in [4.78, 5) is 6.81. The zero-order valence-corrected chi connectivity index (χ0v) is 12.7. The highest BCUT2D eigenvalue weighted by molar-refractivity contribution is 7.15. The molecule has 2 heterocycles. The maximum atomic E-state index is 6.33. The van der Waals surface area contributed by atoms with Gasteiger partial charge in [-0.3, -0.25) is 0 Å². The smallest absolute Gasteiger partial charge is 0.268 e. The highest BCUT2D eigenvalue weighted by Gasteiger charge is 2.36. The van der Waals surface area contributed by atoms with E-state index in [4.69, 9.17) is 10.3 Å². The average molecular weight is 300 g/mol. The summed E-state index contributed by atoms with van der Waals surface area (Å²) in [5.41, 5.74) is 7.22. The van der Waals surface area contributed by atoms with Gasteiger partial charge in [0.1, 0.15) is 0 Å². The van der Waals surface area contributed by atoms with Gasteiger partial charge < -0.3 is 10.3 Å². The fraction of sp³-hybridized carbons (Fsp3) is 0.538. The van der Waals surface area contributed by atoms with E-state index < -0.39 is 0 Å². The molecule has 0 amide bonds. The summed E-state index contributed by atoms with van der Waals surface area (Å²) in [6.07, 6.45) is 4.21. The highest BCUT2D eigenvalue weighted by Crippen LogP contribution is 2.36. The summed E-state index contributed by atoms with van der Waals surface area (Å²) >= 11 is 1.69. The van der Waals surface area contributed by atoms with Gasteiger partial charge in [-0.2, -0.15) is 4.98 Å². The maximum Gasteiger partial charge on any atom is 0.268 e. The number of aromatic nitrogens is 2. The summed E-state index contributed by atoms with van der Waals surface area (Å²) in [7, 11) is 0. The number of thiophene rings is 1. The Labute approximate surface area is 122 Å². The molecule has 0 aromatic carbocycles. The third-order valence-corrected chi connectivity index (χ3v) is 4.88. The molecular weight excluding hydrogens is 282 g/mol. The van der Waals surface area contributed by atoms with Crippen molar-refractivity contribution in [1.29, 1.82) is 0 Å². The molecule has 104 valence electrons. The number of nitrogens with two attached hydrogens (primary N) is 1. The van der Waals surface area contributed by atoms with Crippen LogP contribution in [0, 0.1) is 13.8 Å². The number of aryl methyl sites for hydroxylation is 2. The van der Waals surface area contributed by atoms with Crippen molar-refractivity contribution < 1.29 is 4.52 Å². The zero-order valence-electron chi connectivity index (χ0n) is 11.1. The number of nitrogens with zero attached hydrogens (tertiary/aromatic N) is 2. The van der Waals surface area contributed by atoms with Crippen molar-refractivity contribution in [3.63, 3.8) is 0 Å². The summed E-state index contributed by atoms with van der Waals surface area (Å²) < 4.78 is 5.37. The van der Waals surface area contributed by atoms with Gasteiger partial charge in [0.05, 0.1) is 10.4 Å². The Hall–Kier alpha value is -0.910. The first-order chi connectivity index (χ1) is 8.58. The van der Waals surface area contributed by atoms with Crippen molar-refractivity contribution in [2.24, 2.45) is 5.73 Å². The monoisotopic (exact) mass is 299 g/mol. The number of hydrogen-bond donors (Lipinski definition) is 1. The normalized spacial score (nSPS) is 17.4. The lowest BCUT2D eigenvalue weighted by Crippen LogP contribution is -2.34. The average Bonchev–Trinajstić information content (AvgIpc) is 3.01. The first-order valence-electron chi connectivity index (χ1n) is 6.29. The third kappa shape index (κ3) is 2.55. The first kappa shape index (κ1) is 14.5. The Bertz CT molecular complexity index is 553. The maximum absolute atomic E-state index is 6.33. The lowest BCUT2D eigenvalue weighted by atomic mass is 9.99. The van der Waals surface area contributed by atoms with Crippen molar-refractivity contribution in [3.8, 4) is 10.8 Å². The summed E-state index contributed by atoms with van der Waals surface area (Å²) in [6.45, 7) is 4.19. The standard InChI is InChI=1S/C13H17N3OS.ClH/c1-8-7-10(18-9(8)2)11-15-12(16-17-11)13(14)5-3-4-6-13;/h7H,3-6,14H2,1-2H3;1H. The molecule has 19 heavy (non-hydrogen) atoms. The lowest BCUT2D eigenvalue weighted by Gasteiger charge is -2.17. The molecule has 2 N–H and O–H groups in total. The van der Waals surface area contributed by atoms with E-state index in [-0.39, 0.29) is 17.9 Å². The van der Waals surface area contributed by atoms with Gasteiger partial charge >= 0.3 is 0 Å². The van der Waals surface area contributed by atoms with Gasteiger partial charge in [-0.1, -0.05) is 18.0 Å². The van der Waals surface area contributed by atoms with Gasteiger partial charge in [0.15, 0.2) is 5.82 Å². The Kier molecular flexibility index (Phi) is 3.99. The van der Waals surface area contributed by atoms with Gasteiger partial charge in [-0.25, -0.2) is 0 Å². The van der Waals surface area contributed by atoms with Crippen LogP contribution >= 0.6 is 23.7 Å². The molecule has 0 atom stereocenters. The molecule has 2 aromatic heterocycles. The van der Waals surface area contributed by atoms with Crippen LogP contribution in [0.1, 0.15) is 41.9 Å². The van der Waals surface area contributed by atoms with Crippen LogP contribution in [-0.2, 0) is 5.54 Å². The Morgan fingerprint density at radius 3 is 2.58 bits per heavy atom. The number of rotatable bonds is 2. The fourth-order valence-corrected chi connectivity index (χ4v) is 3.39. The molecule has 1 saturated carbocycles. The Morgan fingerprint density at radius 2 is 2.00 bits per heavy atom. The molecule has 1 aliphatic rings. The van der Waals surface area contributed by atoms with E-state index in [1.54, 1.807) is 11.3 Å². The first-order valence-corrected chi connectivity index (χ1v) is 7.11. The van der Waals surface area contributed by atoms with Crippen LogP contribution in [0.25, 0.3) is 10.8 Å². The molecule has 4 nitrogen and oxygen atoms in total. The van der Waals surface area contributed by atoms with Crippen LogP contribution < -0.4 is 5.73 Å². The molecule has 1 aliphatic carbocycles. The third-order valence-electron chi connectivity index (χ3n) is 3.74. The van der Waals surface area contributed by atoms with E-state index >= 15 is 0 Å². The van der Waals surface area contributed by atoms with E-state index in [9.17, 15) is 0 Å². The van der Waals surface area contributed by atoms with Crippen LogP contribution in [-0.4, -0.2) is 10.1 Å². The van der Waals surface area contributed by atoms with Gasteiger partial charge in [0, 0.05) is 4.88 Å². The summed E-state index contributed by atoms with van der Waals surface area (Å²) in [6, 6.07) is 2.09. The Balaban J connectivity index is 0.00000133. The van der Waals surface area contributed by atoms with Crippen molar-refractivity contribution in [3.05, 3.63) is 22.3 Å². The SMILES string of the molecule is Cc1cc(-c2nc(C3(N)CCCC3)no2)sc1C.Cl. The van der Waals surface area contributed by atoms with E-state index in [1.165, 1.54) is 10.4 Å². The van der Waals surface area contributed by atoms with E-state index in [2.05, 4.69) is 30.1 Å². The number of hydrogen-bond acceptors (Lipinski definition) is 5. The van der Waals surface area contributed by atoms with Crippen LogP contribution in [0.15, 0.2) is 10.6 Å². The summed E-state index contributed by atoms with van der Waals surface area (Å²) in [5, 5.41) is 4.08. The molecule has 2 aromatic rings. The molecule has 0 saturated heterocycles. The van der Waals surface area contributed by atoms with Crippen LogP contribution in [0.3, 0.4) is 0 Å². The van der Waals surface area contributed by atoms with Gasteiger partial charge in [-0.15, -0.1) is 23.7 Å². The largest absolute Gasteiger partial charge is 0.333 e. The van der Waals surface area contributed by atoms with Crippen molar-refractivity contribution in [2.75, 3.05) is 0 Å². The molecule has 1 fully saturated rings. The molecule has 3 rings (SSSR count). The van der Waals surface area contributed by atoms with Crippen LogP contribution in [0.4, 0.5) is 0 Å². The lowest BCUT2D eigenvalue weighted by molar-refractivity contribution is 0.373. The molecule has 0 spiro atoms. The van der Waals surface area contributed by atoms with Gasteiger partial charge in [0.25, 0.3) is 5.89 Å². The van der Waals surface area contributed by atoms with E-state index in [0.29, 0.717) is 11.7 Å². The second-order valence-corrected chi connectivity index (χ2v) is 6.39. The zero-order chi connectivity index (χ0) is 12.8. The Morgan fingerprint density at radius 1 is 1.32 bits per heavy atom. The summed E-state index contributed by atoms with van der Waals surface area (Å²) in [5.74, 6) is 1.27. The quantitative estimate of drug-likeness (QED) is 0.921. The van der Waals surface area contributed by atoms with E-state index in [1.807, 2.05) is 0 Å². The second kappa shape index (κ2) is 5.23. The topological polar surface area (TPSA) is 64.9 Å². The van der Waals surface area contributed by atoms with Crippen molar-refractivity contribution in [1.82, 2.24) is 10.1 Å². The molecule has 0 aliphatic heterocycles. The predicted molar refractivity (Wildman–Crippen MR) is 78.7 cm³/mol. The van der Waals surface area contributed by atoms with Crippen LogP contribution in [0.5, 0.6) is 0 Å². The number of halogens is 1. The molecule has 0 bridgehead atoms. The fourth-order valence-electron chi connectivity index (χ4n) is 2.43. The van der Waals surface area contributed by atoms with Crippen molar-refractivity contribution in [2.45, 2.75) is 45.1 Å².